The number of aromatic nitrogens is 2. The Morgan fingerprint density at radius 2 is 1.02 bits per heavy atom. The third-order valence-electron chi connectivity index (χ3n) is 9.58. The average molecular weight is 600 g/mol. The van der Waals surface area contributed by atoms with Crippen molar-refractivity contribution in [2.45, 2.75) is 0 Å². The SMILES string of the molecule is N#Cc1cc(-n2c3ccccc3c3c4c(ccc32)oc2ccccc24)ccc1-c1ccc(-n2c3ccccc3c3ccccc32)cc1. The number of fused-ring (bicyclic) bond motifs is 10. The Bertz CT molecular complexity index is 2860. The molecule has 0 aliphatic carbocycles. The molecule has 0 unspecified atom stereocenters. The average Bonchev–Trinajstić information content (AvgIpc) is 3.79. The first-order valence-corrected chi connectivity index (χ1v) is 15.8. The van der Waals surface area contributed by atoms with Gasteiger partial charge in [0.2, 0.25) is 0 Å². The fraction of sp³-hybridized carbons (Fsp3) is 0. The number of hydrogen-bond donors (Lipinski definition) is 0. The molecule has 10 rings (SSSR count). The monoisotopic (exact) mass is 599 g/mol. The van der Waals surface area contributed by atoms with Gasteiger partial charge in [-0.05, 0) is 71.8 Å². The van der Waals surface area contributed by atoms with Gasteiger partial charge >= 0.3 is 0 Å². The predicted octanol–water partition coefficient (Wildman–Crippen LogP) is 11.3. The van der Waals surface area contributed by atoms with E-state index in [1.54, 1.807) is 0 Å². The van der Waals surface area contributed by atoms with Crippen LogP contribution in [-0.4, -0.2) is 9.13 Å². The number of rotatable bonds is 3. The highest BCUT2D eigenvalue weighted by Crippen LogP contribution is 2.41. The molecule has 0 radical (unpaired) electrons. The van der Waals surface area contributed by atoms with Gasteiger partial charge in [-0.15, -0.1) is 0 Å². The zero-order valence-electron chi connectivity index (χ0n) is 25.2. The molecule has 7 aromatic carbocycles. The Morgan fingerprint density at radius 3 is 1.72 bits per heavy atom. The van der Waals surface area contributed by atoms with Gasteiger partial charge in [0.05, 0.1) is 33.7 Å². The van der Waals surface area contributed by atoms with E-state index in [0.29, 0.717) is 5.56 Å². The lowest BCUT2D eigenvalue weighted by Crippen LogP contribution is -1.96. The molecule has 47 heavy (non-hydrogen) atoms. The van der Waals surface area contributed by atoms with Crippen LogP contribution in [0.3, 0.4) is 0 Å². The summed E-state index contributed by atoms with van der Waals surface area (Å²) < 4.78 is 10.8. The van der Waals surface area contributed by atoms with Crippen LogP contribution >= 0.6 is 0 Å². The van der Waals surface area contributed by atoms with Gasteiger partial charge < -0.3 is 13.6 Å². The van der Waals surface area contributed by atoms with E-state index in [1.807, 2.05) is 18.2 Å². The van der Waals surface area contributed by atoms with Crippen LogP contribution in [-0.2, 0) is 0 Å². The molecule has 4 heteroatoms. The molecular weight excluding hydrogens is 574 g/mol. The van der Waals surface area contributed by atoms with E-state index in [-0.39, 0.29) is 0 Å². The second-order valence-corrected chi connectivity index (χ2v) is 12.0. The summed E-state index contributed by atoms with van der Waals surface area (Å²) >= 11 is 0. The summed E-state index contributed by atoms with van der Waals surface area (Å²) in [5.41, 5.74) is 10.9. The molecule has 4 nitrogen and oxygen atoms in total. The molecule has 0 N–H and O–H groups in total. The molecule has 0 saturated heterocycles. The van der Waals surface area contributed by atoms with Gasteiger partial charge in [-0.1, -0.05) is 91.0 Å². The Balaban J connectivity index is 1.12. The maximum absolute atomic E-state index is 10.4. The molecule has 0 amide bonds. The minimum atomic E-state index is 0.632. The molecule has 218 valence electrons. The van der Waals surface area contributed by atoms with Gasteiger partial charge in [0, 0.05) is 43.7 Å². The Morgan fingerprint density at radius 1 is 0.447 bits per heavy atom. The first-order valence-electron chi connectivity index (χ1n) is 15.8. The highest BCUT2D eigenvalue weighted by molar-refractivity contribution is 6.27. The van der Waals surface area contributed by atoms with E-state index in [1.165, 1.54) is 21.8 Å². The highest BCUT2D eigenvalue weighted by atomic mass is 16.3. The first-order chi connectivity index (χ1) is 23.3. The summed E-state index contributed by atoms with van der Waals surface area (Å²) in [6, 6.07) is 55.2. The summed E-state index contributed by atoms with van der Waals surface area (Å²) in [5.74, 6) is 0. The fourth-order valence-corrected chi connectivity index (χ4v) is 7.56. The third kappa shape index (κ3) is 3.63. The van der Waals surface area contributed by atoms with Crippen molar-refractivity contribution in [1.29, 1.82) is 5.26 Å². The number of hydrogen-bond acceptors (Lipinski definition) is 2. The number of benzene rings is 7. The van der Waals surface area contributed by atoms with Crippen molar-refractivity contribution >= 4 is 65.6 Å². The lowest BCUT2D eigenvalue weighted by atomic mass is 9.99. The minimum absolute atomic E-state index is 0.632. The van der Waals surface area contributed by atoms with Crippen molar-refractivity contribution in [3.05, 3.63) is 157 Å². The summed E-state index contributed by atoms with van der Waals surface area (Å²) in [6.07, 6.45) is 0. The molecule has 0 fully saturated rings. The maximum Gasteiger partial charge on any atom is 0.136 e. The van der Waals surface area contributed by atoms with Crippen molar-refractivity contribution in [2.24, 2.45) is 0 Å². The van der Waals surface area contributed by atoms with E-state index in [2.05, 4.69) is 149 Å². The lowest BCUT2D eigenvalue weighted by Gasteiger charge is -2.12. The van der Waals surface area contributed by atoms with Gasteiger partial charge in [0.25, 0.3) is 0 Å². The van der Waals surface area contributed by atoms with Crippen molar-refractivity contribution in [3.63, 3.8) is 0 Å². The Hall–Kier alpha value is -6.57. The first kappa shape index (κ1) is 25.7. The molecule has 0 saturated carbocycles. The lowest BCUT2D eigenvalue weighted by molar-refractivity contribution is 0.669. The van der Waals surface area contributed by atoms with Crippen LogP contribution in [0.5, 0.6) is 0 Å². The molecule has 0 atom stereocenters. The molecule has 3 heterocycles. The highest BCUT2D eigenvalue weighted by Gasteiger charge is 2.19. The fourth-order valence-electron chi connectivity index (χ4n) is 7.56. The van der Waals surface area contributed by atoms with E-state index in [0.717, 1.165) is 66.2 Å². The number of para-hydroxylation sites is 4. The van der Waals surface area contributed by atoms with E-state index >= 15 is 0 Å². The van der Waals surface area contributed by atoms with Crippen molar-refractivity contribution < 1.29 is 4.42 Å². The molecule has 0 aliphatic rings. The van der Waals surface area contributed by atoms with E-state index in [4.69, 9.17) is 4.42 Å². The number of nitrogens with zero attached hydrogens (tertiary/aromatic N) is 3. The van der Waals surface area contributed by atoms with Crippen LogP contribution in [0.25, 0.3) is 88.1 Å². The zero-order valence-corrected chi connectivity index (χ0v) is 25.2. The van der Waals surface area contributed by atoms with Crippen LogP contribution in [0.2, 0.25) is 0 Å². The summed E-state index contributed by atoms with van der Waals surface area (Å²) in [4.78, 5) is 0. The van der Waals surface area contributed by atoms with E-state index in [9.17, 15) is 5.26 Å². The molecule has 0 aliphatic heterocycles. The third-order valence-corrected chi connectivity index (χ3v) is 9.58. The van der Waals surface area contributed by atoms with Crippen molar-refractivity contribution in [1.82, 2.24) is 9.13 Å². The predicted molar refractivity (Wildman–Crippen MR) is 193 cm³/mol. The summed E-state index contributed by atoms with van der Waals surface area (Å²) in [7, 11) is 0. The zero-order chi connectivity index (χ0) is 31.1. The van der Waals surface area contributed by atoms with Gasteiger partial charge in [0.15, 0.2) is 0 Å². The van der Waals surface area contributed by atoms with Crippen LogP contribution in [0, 0.1) is 11.3 Å². The molecular formula is C43H25N3O. The molecule has 0 spiro atoms. The standard InChI is InChI=1S/C43H25N3O/c44-26-28-25-30(46-38-15-7-3-11-34(38)42-39(46)23-24-41-43(42)35-12-4-8-16-40(35)47-41)21-22-31(28)27-17-19-29(20-18-27)45-36-13-5-1-9-32(36)33-10-2-6-14-37(33)45/h1-25H. The van der Waals surface area contributed by atoms with Crippen LogP contribution in [0.1, 0.15) is 5.56 Å². The van der Waals surface area contributed by atoms with Crippen molar-refractivity contribution in [3.8, 4) is 28.6 Å². The molecule has 3 aromatic heterocycles. The van der Waals surface area contributed by atoms with Gasteiger partial charge in [0.1, 0.15) is 11.2 Å². The Labute approximate surface area is 269 Å². The summed E-state index contributed by atoms with van der Waals surface area (Å²) in [6.45, 7) is 0. The largest absolute Gasteiger partial charge is 0.456 e. The van der Waals surface area contributed by atoms with Gasteiger partial charge in [-0.3, -0.25) is 0 Å². The number of nitriles is 1. The smallest absolute Gasteiger partial charge is 0.136 e. The van der Waals surface area contributed by atoms with Gasteiger partial charge in [-0.2, -0.15) is 5.26 Å². The van der Waals surface area contributed by atoms with Crippen molar-refractivity contribution in [2.75, 3.05) is 0 Å². The Kier molecular flexibility index (Phi) is 5.32. The number of furan rings is 1. The van der Waals surface area contributed by atoms with Crippen LogP contribution < -0.4 is 0 Å². The van der Waals surface area contributed by atoms with E-state index < -0.39 is 0 Å². The minimum Gasteiger partial charge on any atom is -0.456 e. The molecule has 0 bridgehead atoms. The van der Waals surface area contributed by atoms with Crippen LogP contribution in [0.15, 0.2) is 156 Å². The quantitative estimate of drug-likeness (QED) is 0.203. The second kappa shape index (κ2) is 9.71. The normalized spacial score (nSPS) is 11.8. The van der Waals surface area contributed by atoms with Crippen LogP contribution in [0.4, 0.5) is 0 Å². The summed E-state index contributed by atoms with van der Waals surface area (Å²) in [5, 5.41) is 17.4. The second-order valence-electron chi connectivity index (χ2n) is 12.0. The molecule has 10 aromatic rings. The maximum atomic E-state index is 10.4. The van der Waals surface area contributed by atoms with Gasteiger partial charge in [-0.25, -0.2) is 0 Å². The topological polar surface area (TPSA) is 46.8 Å².